The number of unbranched alkanes of at least 4 members (excludes halogenated alkanes) is 1. The third kappa shape index (κ3) is 5.71. The summed E-state index contributed by atoms with van der Waals surface area (Å²) in [5.74, 6) is -2.49. The van der Waals surface area contributed by atoms with E-state index in [-0.39, 0.29) is 36.3 Å². The highest BCUT2D eigenvalue weighted by molar-refractivity contribution is 8.00. The van der Waals surface area contributed by atoms with Crippen molar-refractivity contribution in [3.05, 3.63) is 50.7 Å². The number of carbonyl (C=O) groups is 1. The van der Waals surface area contributed by atoms with E-state index in [1.807, 2.05) is 20.8 Å². The van der Waals surface area contributed by atoms with E-state index in [4.69, 9.17) is 5.73 Å². The van der Waals surface area contributed by atoms with Crippen molar-refractivity contribution in [2.45, 2.75) is 45.1 Å². The summed E-state index contributed by atoms with van der Waals surface area (Å²) in [5, 5.41) is 0. The molecule has 0 atom stereocenters. The van der Waals surface area contributed by atoms with Crippen molar-refractivity contribution in [1.29, 1.82) is 0 Å². The second-order valence-corrected chi connectivity index (χ2v) is 8.31. The van der Waals surface area contributed by atoms with Gasteiger partial charge in [0.1, 0.15) is 5.82 Å². The molecule has 30 heavy (non-hydrogen) atoms. The van der Waals surface area contributed by atoms with E-state index in [9.17, 15) is 23.2 Å². The van der Waals surface area contributed by atoms with Gasteiger partial charge in [0, 0.05) is 18.0 Å². The molecule has 2 aromatic rings. The lowest BCUT2D eigenvalue weighted by Crippen LogP contribution is -2.42. The number of aromatic amines is 1. The smallest absolute Gasteiger partial charge is 0.330 e. The Morgan fingerprint density at radius 1 is 1.27 bits per heavy atom. The predicted octanol–water partition coefficient (Wildman–Crippen LogP) is 2.98. The Bertz CT molecular complexity index is 1020. The summed E-state index contributed by atoms with van der Waals surface area (Å²) >= 11 is 1.02. The maximum atomic E-state index is 13.4. The average molecular weight is 441 g/mol. The van der Waals surface area contributed by atoms with E-state index in [1.54, 1.807) is 0 Å². The van der Waals surface area contributed by atoms with E-state index < -0.39 is 28.8 Å². The Kier molecular flexibility index (Phi) is 8.22. The van der Waals surface area contributed by atoms with Gasteiger partial charge in [-0.25, -0.2) is 13.6 Å². The molecule has 1 heterocycles. The van der Waals surface area contributed by atoms with Gasteiger partial charge in [-0.1, -0.05) is 27.2 Å². The van der Waals surface area contributed by atoms with E-state index in [2.05, 4.69) is 4.98 Å². The number of amides is 1. The molecule has 0 unspecified atom stereocenters. The van der Waals surface area contributed by atoms with Crippen LogP contribution in [0.25, 0.3) is 0 Å². The molecule has 0 aliphatic heterocycles. The van der Waals surface area contributed by atoms with Crippen molar-refractivity contribution in [1.82, 2.24) is 9.55 Å². The SMILES string of the molecule is CCCCN(C(=O)CSc1ccc(F)c(F)c1)c1c(N)n(CC(C)C)c(=O)[nH]c1=O. The minimum absolute atomic E-state index is 0.0697. The number of H-pyrrole nitrogens is 1. The molecule has 0 saturated heterocycles. The summed E-state index contributed by atoms with van der Waals surface area (Å²) in [5.41, 5.74) is 4.70. The number of nitrogen functional groups attached to an aromatic ring is 1. The van der Waals surface area contributed by atoms with Gasteiger partial charge >= 0.3 is 5.69 Å². The Morgan fingerprint density at radius 3 is 2.57 bits per heavy atom. The molecule has 0 spiro atoms. The summed E-state index contributed by atoms with van der Waals surface area (Å²) < 4.78 is 27.8. The number of nitrogens with two attached hydrogens (primary N) is 1. The van der Waals surface area contributed by atoms with Crippen LogP contribution in [0.5, 0.6) is 0 Å². The van der Waals surface area contributed by atoms with Gasteiger partial charge in [-0.15, -0.1) is 11.8 Å². The molecular formula is C20H26F2N4O3S. The fraction of sp³-hybridized carbons (Fsp3) is 0.450. The summed E-state index contributed by atoms with van der Waals surface area (Å²) in [4.78, 5) is 41.5. The van der Waals surface area contributed by atoms with Crippen LogP contribution in [-0.2, 0) is 11.3 Å². The molecule has 0 fully saturated rings. The predicted molar refractivity (Wildman–Crippen MR) is 115 cm³/mol. The molecule has 1 amide bonds. The summed E-state index contributed by atoms with van der Waals surface area (Å²) in [6, 6.07) is 3.37. The fourth-order valence-corrected chi connectivity index (χ4v) is 3.65. The van der Waals surface area contributed by atoms with Crippen LogP contribution >= 0.6 is 11.8 Å². The number of aromatic nitrogens is 2. The van der Waals surface area contributed by atoms with Gasteiger partial charge in [-0.3, -0.25) is 19.1 Å². The van der Waals surface area contributed by atoms with Crippen molar-refractivity contribution in [2.75, 3.05) is 22.9 Å². The highest BCUT2D eigenvalue weighted by Gasteiger charge is 2.24. The second-order valence-electron chi connectivity index (χ2n) is 7.26. The topological polar surface area (TPSA) is 101 Å². The second kappa shape index (κ2) is 10.4. The zero-order valence-electron chi connectivity index (χ0n) is 17.2. The largest absolute Gasteiger partial charge is 0.383 e. The minimum Gasteiger partial charge on any atom is -0.383 e. The Balaban J connectivity index is 2.36. The van der Waals surface area contributed by atoms with Crippen molar-refractivity contribution in [3.8, 4) is 0 Å². The molecule has 1 aromatic heterocycles. The molecule has 10 heteroatoms. The molecule has 3 N–H and O–H groups in total. The van der Waals surface area contributed by atoms with Gasteiger partial charge in [0.25, 0.3) is 5.56 Å². The van der Waals surface area contributed by atoms with E-state index in [1.165, 1.54) is 15.5 Å². The molecule has 2 rings (SSSR count). The molecule has 1 aromatic carbocycles. The highest BCUT2D eigenvalue weighted by atomic mass is 32.2. The van der Waals surface area contributed by atoms with E-state index >= 15 is 0 Å². The Hall–Kier alpha value is -2.62. The molecule has 0 saturated carbocycles. The first-order valence-electron chi connectivity index (χ1n) is 9.66. The van der Waals surface area contributed by atoms with Gasteiger partial charge < -0.3 is 10.6 Å². The maximum Gasteiger partial charge on any atom is 0.330 e. The number of hydrogen-bond acceptors (Lipinski definition) is 5. The molecule has 0 aliphatic rings. The number of carbonyl (C=O) groups excluding carboxylic acids is 1. The number of benzene rings is 1. The highest BCUT2D eigenvalue weighted by Crippen LogP contribution is 2.24. The van der Waals surface area contributed by atoms with Crippen LogP contribution < -0.4 is 21.9 Å². The number of hydrogen-bond donors (Lipinski definition) is 2. The first-order valence-corrected chi connectivity index (χ1v) is 10.6. The monoisotopic (exact) mass is 440 g/mol. The van der Waals surface area contributed by atoms with E-state index in [0.717, 1.165) is 30.3 Å². The molecule has 7 nitrogen and oxygen atoms in total. The lowest BCUT2D eigenvalue weighted by atomic mass is 10.2. The first kappa shape index (κ1) is 23.7. The lowest BCUT2D eigenvalue weighted by molar-refractivity contribution is -0.116. The van der Waals surface area contributed by atoms with Crippen molar-refractivity contribution < 1.29 is 13.6 Å². The average Bonchev–Trinajstić information content (AvgIpc) is 2.68. The zero-order chi connectivity index (χ0) is 22.4. The van der Waals surface area contributed by atoms with Crippen LogP contribution in [-0.4, -0.2) is 27.8 Å². The number of nitrogens with one attached hydrogen (secondary N) is 1. The summed E-state index contributed by atoms with van der Waals surface area (Å²) in [6.45, 7) is 6.25. The van der Waals surface area contributed by atoms with Crippen molar-refractivity contribution in [2.24, 2.45) is 5.92 Å². The van der Waals surface area contributed by atoms with Crippen molar-refractivity contribution >= 4 is 29.2 Å². The first-order chi connectivity index (χ1) is 14.1. The summed E-state index contributed by atoms with van der Waals surface area (Å²) in [6.07, 6.45) is 1.38. The number of anilines is 2. The number of thioether (sulfide) groups is 1. The Morgan fingerprint density at radius 2 is 1.97 bits per heavy atom. The Labute approximate surface area is 177 Å². The van der Waals surface area contributed by atoms with Crippen LogP contribution in [0.1, 0.15) is 33.6 Å². The van der Waals surface area contributed by atoms with Gasteiger partial charge in [-0.2, -0.15) is 0 Å². The summed E-state index contributed by atoms with van der Waals surface area (Å²) in [7, 11) is 0. The molecule has 0 radical (unpaired) electrons. The van der Waals surface area contributed by atoms with Gasteiger partial charge in [0.15, 0.2) is 17.3 Å². The number of halogens is 2. The van der Waals surface area contributed by atoms with Crippen LogP contribution in [0.15, 0.2) is 32.7 Å². The molecule has 0 aliphatic carbocycles. The third-order valence-corrected chi connectivity index (χ3v) is 5.30. The van der Waals surface area contributed by atoms with Gasteiger partial charge in [-0.05, 0) is 30.5 Å². The van der Waals surface area contributed by atoms with Crippen LogP contribution in [0.4, 0.5) is 20.3 Å². The third-order valence-electron chi connectivity index (χ3n) is 4.32. The van der Waals surface area contributed by atoms with Crippen LogP contribution in [0.2, 0.25) is 0 Å². The number of nitrogens with zero attached hydrogens (tertiary/aromatic N) is 2. The molecule has 0 bridgehead atoms. The standard InChI is InChI=1S/C20H26F2N4O3S/c1-4-5-8-25(16(27)11-30-13-6-7-14(21)15(22)9-13)17-18(23)26(10-12(2)3)20(29)24-19(17)28/h6-7,9,12H,4-5,8,10-11,23H2,1-3H3,(H,24,28,29). The molecule has 164 valence electrons. The quantitative estimate of drug-likeness (QED) is 0.584. The van der Waals surface area contributed by atoms with E-state index in [0.29, 0.717) is 11.3 Å². The van der Waals surface area contributed by atoms with Crippen molar-refractivity contribution in [3.63, 3.8) is 0 Å². The lowest BCUT2D eigenvalue weighted by Gasteiger charge is -2.24. The van der Waals surface area contributed by atoms with Gasteiger partial charge in [0.2, 0.25) is 5.91 Å². The zero-order valence-corrected chi connectivity index (χ0v) is 18.0. The maximum absolute atomic E-state index is 13.4. The van der Waals surface area contributed by atoms with Gasteiger partial charge in [0.05, 0.1) is 5.75 Å². The molecular weight excluding hydrogens is 414 g/mol. The van der Waals surface area contributed by atoms with Crippen LogP contribution in [0, 0.1) is 17.6 Å². The normalized spacial score (nSPS) is 11.1. The number of rotatable bonds is 9. The fourth-order valence-electron chi connectivity index (χ4n) is 2.85. The van der Waals surface area contributed by atoms with Crippen LogP contribution in [0.3, 0.4) is 0 Å². The minimum atomic E-state index is -1.00.